The summed E-state index contributed by atoms with van der Waals surface area (Å²) in [6.07, 6.45) is 3.95. The lowest BCUT2D eigenvalue weighted by molar-refractivity contribution is 0.0951. The first-order chi connectivity index (χ1) is 11.1. The molecule has 2 N–H and O–H groups in total. The summed E-state index contributed by atoms with van der Waals surface area (Å²) in [5.74, 6) is 0.289. The summed E-state index contributed by atoms with van der Waals surface area (Å²) >= 11 is 3.45. The number of carbonyl (C=O) groups excluding carboxylic acids is 1. The van der Waals surface area contributed by atoms with Gasteiger partial charge in [-0.05, 0) is 55.1 Å². The standard InChI is InChI=1S/C16H20BrN5O/c1-22(2)9-5-8-18-15(23)12-10-19-16(20-11-12)21-14-7-4-3-6-13(14)17/h3-4,6-7,10-11H,5,8-9H2,1-2H3,(H,18,23)(H,19,20,21). The van der Waals surface area contributed by atoms with Crippen LogP contribution in [0, 0.1) is 0 Å². The third-order valence-corrected chi connectivity index (χ3v) is 3.79. The van der Waals surface area contributed by atoms with Gasteiger partial charge < -0.3 is 15.5 Å². The van der Waals surface area contributed by atoms with E-state index in [2.05, 4.69) is 41.4 Å². The number of rotatable bonds is 7. The molecule has 23 heavy (non-hydrogen) atoms. The molecular formula is C16H20BrN5O. The van der Waals surface area contributed by atoms with E-state index < -0.39 is 0 Å². The molecule has 0 saturated carbocycles. The predicted octanol–water partition coefficient (Wildman–Crippen LogP) is 2.66. The van der Waals surface area contributed by atoms with Gasteiger partial charge in [-0.3, -0.25) is 4.79 Å². The Morgan fingerprint density at radius 3 is 2.57 bits per heavy atom. The van der Waals surface area contributed by atoms with Crippen LogP contribution in [0.3, 0.4) is 0 Å². The Morgan fingerprint density at radius 1 is 1.22 bits per heavy atom. The van der Waals surface area contributed by atoms with Crippen LogP contribution in [0.5, 0.6) is 0 Å². The minimum absolute atomic E-state index is 0.156. The van der Waals surface area contributed by atoms with Crippen molar-refractivity contribution < 1.29 is 4.79 Å². The van der Waals surface area contributed by atoms with Gasteiger partial charge in [-0.1, -0.05) is 12.1 Å². The van der Waals surface area contributed by atoms with Crippen LogP contribution in [-0.2, 0) is 0 Å². The average molecular weight is 378 g/mol. The second kappa shape index (κ2) is 8.59. The zero-order valence-corrected chi connectivity index (χ0v) is 14.8. The molecule has 0 aliphatic heterocycles. The molecule has 0 saturated heterocycles. The van der Waals surface area contributed by atoms with Crippen LogP contribution in [0.15, 0.2) is 41.1 Å². The number of aromatic nitrogens is 2. The van der Waals surface area contributed by atoms with Gasteiger partial charge in [-0.25, -0.2) is 9.97 Å². The summed E-state index contributed by atoms with van der Waals surface area (Å²) in [4.78, 5) is 22.4. The van der Waals surface area contributed by atoms with Crippen molar-refractivity contribution in [3.05, 3.63) is 46.7 Å². The number of hydrogen-bond donors (Lipinski definition) is 2. The molecule has 122 valence electrons. The Hall–Kier alpha value is -1.99. The Morgan fingerprint density at radius 2 is 1.91 bits per heavy atom. The lowest BCUT2D eigenvalue weighted by Gasteiger charge is -2.10. The molecule has 0 bridgehead atoms. The van der Waals surface area contributed by atoms with Crippen molar-refractivity contribution in [2.24, 2.45) is 0 Å². The Labute approximate surface area is 144 Å². The Bertz CT molecular complexity index is 645. The molecule has 2 rings (SSSR count). The van der Waals surface area contributed by atoms with Crippen LogP contribution in [0.2, 0.25) is 0 Å². The number of para-hydroxylation sites is 1. The zero-order valence-electron chi connectivity index (χ0n) is 13.2. The smallest absolute Gasteiger partial charge is 0.254 e. The number of amides is 1. The van der Waals surface area contributed by atoms with Crippen molar-refractivity contribution in [3.8, 4) is 0 Å². The van der Waals surface area contributed by atoms with Crippen LogP contribution < -0.4 is 10.6 Å². The summed E-state index contributed by atoms with van der Waals surface area (Å²) in [6.45, 7) is 1.57. The van der Waals surface area contributed by atoms with Gasteiger partial charge in [0.1, 0.15) is 0 Å². The maximum atomic E-state index is 12.0. The molecular weight excluding hydrogens is 358 g/mol. The van der Waals surface area contributed by atoms with Crippen molar-refractivity contribution in [2.45, 2.75) is 6.42 Å². The van der Waals surface area contributed by atoms with E-state index in [9.17, 15) is 4.79 Å². The SMILES string of the molecule is CN(C)CCCNC(=O)c1cnc(Nc2ccccc2Br)nc1. The van der Waals surface area contributed by atoms with Crippen molar-refractivity contribution in [1.29, 1.82) is 0 Å². The fourth-order valence-electron chi connectivity index (χ4n) is 1.89. The van der Waals surface area contributed by atoms with Gasteiger partial charge in [0.05, 0.1) is 11.3 Å². The molecule has 1 aromatic carbocycles. The molecule has 0 atom stereocenters. The second-order valence-corrected chi connectivity index (χ2v) is 6.17. The van der Waals surface area contributed by atoms with Crippen LogP contribution in [-0.4, -0.2) is 48.0 Å². The van der Waals surface area contributed by atoms with Gasteiger partial charge in [0.25, 0.3) is 5.91 Å². The van der Waals surface area contributed by atoms with Crippen LogP contribution >= 0.6 is 15.9 Å². The summed E-state index contributed by atoms with van der Waals surface area (Å²) in [5.41, 5.74) is 1.32. The molecule has 1 amide bonds. The molecule has 0 spiro atoms. The minimum Gasteiger partial charge on any atom is -0.352 e. The third-order valence-electron chi connectivity index (χ3n) is 3.10. The number of nitrogens with zero attached hydrogens (tertiary/aromatic N) is 3. The molecule has 0 aliphatic rings. The molecule has 7 heteroatoms. The highest BCUT2D eigenvalue weighted by Crippen LogP contribution is 2.23. The number of anilines is 2. The molecule has 1 heterocycles. The largest absolute Gasteiger partial charge is 0.352 e. The first-order valence-electron chi connectivity index (χ1n) is 7.33. The molecule has 0 fully saturated rings. The molecule has 6 nitrogen and oxygen atoms in total. The zero-order chi connectivity index (χ0) is 16.7. The van der Waals surface area contributed by atoms with Crippen LogP contribution in [0.1, 0.15) is 16.8 Å². The average Bonchev–Trinajstić information content (AvgIpc) is 2.54. The highest BCUT2D eigenvalue weighted by molar-refractivity contribution is 9.10. The van der Waals surface area contributed by atoms with Crippen molar-refractivity contribution >= 4 is 33.5 Å². The van der Waals surface area contributed by atoms with Gasteiger partial charge in [-0.15, -0.1) is 0 Å². The van der Waals surface area contributed by atoms with Gasteiger partial charge >= 0.3 is 0 Å². The van der Waals surface area contributed by atoms with Gasteiger partial charge in [-0.2, -0.15) is 0 Å². The van der Waals surface area contributed by atoms with Crippen LogP contribution in [0.25, 0.3) is 0 Å². The summed E-state index contributed by atoms with van der Waals surface area (Å²) in [5, 5.41) is 5.96. The van der Waals surface area contributed by atoms with Gasteiger partial charge in [0.15, 0.2) is 0 Å². The third kappa shape index (κ3) is 5.61. The van der Waals surface area contributed by atoms with E-state index in [1.54, 1.807) is 0 Å². The van der Waals surface area contributed by atoms with Gasteiger partial charge in [0.2, 0.25) is 5.95 Å². The minimum atomic E-state index is -0.156. The van der Waals surface area contributed by atoms with E-state index in [0.717, 1.165) is 23.1 Å². The number of halogens is 1. The maximum Gasteiger partial charge on any atom is 0.254 e. The molecule has 2 aromatic rings. The predicted molar refractivity (Wildman–Crippen MR) is 95.0 cm³/mol. The topological polar surface area (TPSA) is 70.2 Å². The number of carbonyl (C=O) groups is 1. The monoisotopic (exact) mass is 377 g/mol. The normalized spacial score (nSPS) is 10.6. The maximum absolute atomic E-state index is 12.0. The Balaban J connectivity index is 1.89. The molecule has 0 aliphatic carbocycles. The second-order valence-electron chi connectivity index (χ2n) is 5.31. The van der Waals surface area contributed by atoms with Crippen molar-refractivity contribution in [2.75, 3.05) is 32.5 Å². The van der Waals surface area contributed by atoms with Crippen LogP contribution in [0.4, 0.5) is 11.6 Å². The molecule has 0 unspecified atom stereocenters. The molecule has 1 aromatic heterocycles. The fourth-order valence-corrected chi connectivity index (χ4v) is 2.28. The summed E-state index contributed by atoms with van der Waals surface area (Å²) in [6, 6.07) is 7.69. The number of hydrogen-bond acceptors (Lipinski definition) is 5. The Kier molecular flexibility index (Phi) is 6.49. The lowest BCUT2D eigenvalue weighted by atomic mass is 10.3. The first-order valence-corrected chi connectivity index (χ1v) is 8.12. The van der Waals surface area contributed by atoms with E-state index in [1.807, 2.05) is 38.4 Å². The fraction of sp³-hybridized carbons (Fsp3) is 0.312. The molecule has 0 radical (unpaired) electrons. The first kappa shape index (κ1) is 17.4. The quantitative estimate of drug-likeness (QED) is 0.725. The number of benzene rings is 1. The highest BCUT2D eigenvalue weighted by Gasteiger charge is 2.07. The number of nitrogens with one attached hydrogen (secondary N) is 2. The van der Waals surface area contributed by atoms with E-state index in [-0.39, 0.29) is 5.91 Å². The van der Waals surface area contributed by atoms with Gasteiger partial charge in [0, 0.05) is 23.4 Å². The van der Waals surface area contributed by atoms with Crippen molar-refractivity contribution in [3.63, 3.8) is 0 Å². The van der Waals surface area contributed by atoms with Crippen molar-refractivity contribution in [1.82, 2.24) is 20.2 Å². The van der Waals surface area contributed by atoms with E-state index in [0.29, 0.717) is 18.1 Å². The van der Waals surface area contributed by atoms with E-state index >= 15 is 0 Å². The lowest BCUT2D eigenvalue weighted by Crippen LogP contribution is -2.27. The summed E-state index contributed by atoms with van der Waals surface area (Å²) in [7, 11) is 4.01. The van der Waals surface area contributed by atoms with E-state index in [4.69, 9.17) is 0 Å². The van der Waals surface area contributed by atoms with E-state index in [1.165, 1.54) is 12.4 Å². The highest BCUT2D eigenvalue weighted by atomic mass is 79.9. The summed E-state index contributed by atoms with van der Waals surface area (Å²) < 4.78 is 0.923.